The third-order valence-electron chi connectivity index (χ3n) is 2.00. The summed E-state index contributed by atoms with van der Waals surface area (Å²) in [5, 5.41) is 8.78. The molecule has 0 aliphatic heterocycles. The van der Waals surface area contributed by atoms with Gasteiger partial charge in [-0.05, 0) is 19.1 Å². The normalized spacial score (nSPS) is 10.8. The van der Waals surface area contributed by atoms with Gasteiger partial charge < -0.3 is 9.84 Å². The van der Waals surface area contributed by atoms with Crippen LogP contribution in [0, 0.1) is 0 Å². The molecule has 1 aromatic heterocycles. The number of carbonyl (C=O) groups is 2. The number of aromatic nitrogens is 1. The molecule has 0 aromatic carbocycles. The van der Waals surface area contributed by atoms with Gasteiger partial charge in [-0.15, -0.1) is 0 Å². The topological polar surface area (TPSA) is 135 Å². The number of carbonyl (C=O) groups excluding carboxylic acids is 1. The Balaban J connectivity index is 2.64. The van der Waals surface area contributed by atoms with Crippen molar-refractivity contribution in [1.82, 2.24) is 14.4 Å². The van der Waals surface area contributed by atoms with Crippen molar-refractivity contribution in [3.8, 4) is 0 Å². The summed E-state index contributed by atoms with van der Waals surface area (Å²) in [5.74, 6) is -1.15. The summed E-state index contributed by atoms with van der Waals surface area (Å²) < 4.78 is 31.0. The van der Waals surface area contributed by atoms with Crippen LogP contribution in [0.5, 0.6) is 0 Å². The van der Waals surface area contributed by atoms with Gasteiger partial charge in [0.2, 0.25) is 0 Å². The van der Waals surface area contributed by atoms with Crippen LogP contribution in [0.2, 0.25) is 0 Å². The van der Waals surface area contributed by atoms with E-state index in [0.29, 0.717) is 0 Å². The Morgan fingerprint density at radius 3 is 2.75 bits per heavy atom. The van der Waals surface area contributed by atoms with Crippen LogP contribution in [-0.4, -0.2) is 37.2 Å². The van der Waals surface area contributed by atoms with Gasteiger partial charge in [-0.25, -0.2) is 14.3 Å². The van der Waals surface area contributed by atoms with Gasteiger partial charge in [-0.1, -0.05) is 0 Å². The molecule has 0 spiro atoms. The van der Waals surface area contributed by atoms with Crippen molar-refractivity contribution < 1.29 is 27.9 Å². The molecular weight excluding hydrogens is 290 g/mol. The molecular formula is C10H13N3O6S. The monoisotopic (exact) mass is 303 g/mol. The standard InChI is InChI=1S/C10H13N3O6S/c1-2-19-10(16)13-20(17,18)12-6-8-5-7(9(14)15)3-4-11-8/h3-5,12H,2,6H2,1H3,(H,13,16)(H,14,15). The number of amides is 1. The minimum atomic E-state index is -4.10. The largest absolute Gasteiger partial charge is 0.478 e. The Morgan fingerprint density at radius 2 is 2.15 bits per heavy atom. The van der Waals surface area contributed by atoms with Gasteiger partial charge in [0.15, 0.2) is 0 Å². The van der Waals surface area contributed by atoms with E-state index in [2.05, 4.69) is 9.72 Å². The fourth-order valence-electron chi connectivity index (χ4n) is 1.18. The van der Waals surface area contributed by atoms with E-state index in [9.17, 15) is 18.0 Å². The molecule has 0 atom stereocenters. The molecule has 1 heterocycles. The van der Waals surface area contributed by atoms with Gasteiger partial charge in [0.25, 0.3) is 0 Å². The van der Waals surface area contributed by atoms with E-state index in [-0.39, 0.29) is 24.4 Å². The van der Waals surface area contributed by atoms with Gasteiger partial charge in [0, 0.05) is 6.20 Å². The molecule has 20 heavy (non-hydrogen) atoms. The summed E-state index contributed by atoms with van der Waals surface area (Å²) >= 11 is 0. The van der Waals surface area contributed by atoms with E-state index in [1.165, 1.54) is 25.3 Å². The third kappa shape index (κ3) is 5.20. The number of pyridine rings is 1. The highest BCUT2D eigenvalue weighted by Gasteiger charge is 2.15. The molecule has 0 aliphatic carbocycles. The van der Waals surface area contributed by atoms with Crippen LogP contribution >= 0.6 is 0 Å². The quantitative estimate of drug-likeness (QED) is 0.665. The van der Waals surface area contributed by atoms with E-state index < -0.39 is 22.3 Å². The van der Waals surface area contributed by atoms with Crippen molar-refractivity contribution >= 4 is 22.3 Å². The van der Waals surface area contributed by atoms with Gasteiger partial charge in [0.05, 0.1) is 24.4 Å². The zero-order valence-corrected chi connectivity index (χ0v) is 11.3. The van der Waals surface area contributed by atoms with Crippen molar-refractivity contribution in [2.45, 2.75) is 13.5 Å². The first-order valence-corrected chi connectivity index (χ1v) is 6.94. The Morgan fingerprint density at radius 1 is 1.45 bits per heavy atom. The van der Waals surface area contributed by atoms with Crippen molar-refractivity contribution in [3.63, 3.8) is 0 Å². The number of rotatable bonds is 6. The molecule has 0 unspecified atom stereocenters. The zero-order chi connectivity index (χ0) is 15.2. The fourth-order valence-corrected chi connectivity index (χ4v) is 1.87. The summed E-state index contributed by atoms with van der Waals surface area (Å²) in [6.07, 6.45) is 0.138. The van der Waals surface area contributed by atoms with Crippen LogP contribution in [0.25, 0.3) is 0 Å². The predicted molar refractivity (Wildman–Crippen MR) is 67.1 cm³/mol. The number of carboxylic acids is 1. The molecule has 110 valence electrons. The predicted octanol–water partition coefficient (Wildman–Crippen LogP) is -0.140. The molecule has 1 aromatic rings. The van der Waals surface area contributed by atoms with Crippen LogP contribution in [0.1, 0.15) is 23.0 Å². The first-order valence-electron chi connectivity index (χ1n) is 5.46. The second kappa shape index (κ2) is 6.82. The van der Waals surface area contributed by atoms with Crippen molar-refractivity contribution in [2.24, 2.45) is 0 Å². The molecule has 1 amide bonds. The third-order valence-corrected chi connectivity index (χ3v) is 2.96. The molecule has 0 radical (unpaired) electrons. The van der Waals surface area contributed by atoms with Gasteiger partial charge in [-0.3, -0.25) is 4.98 Å². The molecule has 0 aliphatic rings. The lowest BCUT2D eigenvalue weighted by Gasteiger charge is -2.08. The minimum Gasteiger partial charge on any atom is -0.478 e. The molecule has 0 bridgehead atoms. The lowest BCUT2D eigenvalue weighted by molar-refractivity contribution is 0.0696. The SMILES string of the molecule is CCOC(=O)NS(=O)(=O)NCc1cc(C(=O)O)ccn1. The zero-order valence-electron chi connectivity index (χ0n) is 10.5. The summed E-state index contributed by atoms with van der Waals surface area (Å²) in [6, 6.07) is 2.49. The van der Waals surface area contributed by atoms with Crippen molar-refractivity contribution in [2.75, 3.05) is 6.61 Å². The highest BCUT2D eigenvalue weighted by atomic mass is 32.2. The second-order valence-electron chi connectivity index (χ2n) is 3.49. The van der Waals surface area contributed by atoms with Crippen molar-refractivity contribution in [3.05, 3.63) is 29.6 Å². The molecule has 0 saturated heterocycles. The highest BCUT2D eigenvalue weighted by Crippen LogP contribution is 2.02. The Labute approximate surface area is 115 Å². The van der Waals surface area contributed by atoms with E-state index in [4.69, 9.17) is 5.11 Å². The van der Waals surface area contributed by atoms with Crippen LogP contribution in [-0.2, 0) is 21.5 Å². The maximum atomic E-state index is 11.4. The number of nitrogens with one attached hydrogen (secondary N) is 2. The van der Waals surface area contributed by atoms with Crippen LogP contribution < -0.4 is 9.44 Å². The van der Waals surface area contributed by atoms with Gasteiger partial charge in [0.1, 0.15) is 0 Å². The molecule has 1 rings (SSSR count). The van der Waals surface area contributed by atoms with Crippen LogP contribution in [0.4, 0.5) is 4.79 Å². The summed E-state index contributed by atoms with van der Waals surface area (Å²) in [7, 11) is -4.10. The van der Waals surface area contributed by atoms with E-state index in [1.54, 1.807) is 4.72 Å². The highest BCUT2D eigenvalue weighted by molar-refractivity contribution is 7.88. The molecule has 10 heteroatoms. The van der Waals surface area contributed by atoms with Gasteiger partial charge >= 0.3 is 22.3 Å². The molecule has 0 saturated carbocycles. The number of hydrogen-bond donors (Lipinski definition) is 3. The summed E-state index contributed by atoms with van der Waals surface area (Å²) in [4.78, 5) is 25.5. The number of hydrogen-bond acceptors (Lipinski definition) is 6. The maximum Gasteiger partial charge on any atom is 0.421 e. The van der Waals surface area contributed by atoms with Crippen LogP contribution in [0.3, 0.4) is 0 Å². The fraction of sp³-hybridized carbons (Fsp3) is 0.300. The Kier molecular flexibility index (Phi) is 5.41. The number of ether oxygens (including phenoxy) is 1. The number of carboxylic acid groups (broad SMARTS) is 1. The smallest absolute Gasteiger partial charge is 0.421 e. The Bertz CT molecular complexity index is 601. The van der Waals surface area contributed by atoms with Crippen LogP contribution in [0.15, 0.2) is 18.3 Å². The van der Waals surface area contributed by atoms with E-state index in [0.717, 1.165) is 0 Å². The van der Waals surface area contributed by atoms with Crippen molar-refractivity contribution in [1.29, 1.82) is 0 Å². The lowest BCUT2D eigenvalue weighted by Crippen LogP contribution is -2.40. The number of aromatic carboxylic acids is 1. The first kappa shape index (κ1) is 15.9. The molecule has 9 nitrogen and oxygen atoms in total. The minimum absolute atomic E-state index is 0.0208. The summed E-state index contributed by atoms with van der Waals surface area (Å²) in [6.45, 7) is 1.29. The second-order valence-corrected chi connectivity index (χ2v) is 4.99. The van der Waals surface area contributed by atoms with Gasteiger partial charge in [-0.2, -0.15) is 13.1 Å². The van der Waals surface area contributed by atoms with E-state index >= 15 is 0 Å². The van der Waals surface area contributed by atoms with E-state index in [1.807, 2.05) is 4.72 Å². The average molecular weight is 303 g/mol. The first-order chi connectivity index (χ1) is 9.34. The maximum absolute atomic E-state index is 11.4. The molecule has 0 fully saturated rings. The summed E-state index contributed by atoms with van der Waals surface area (Å²) in [5.41, 5.74) is 0.173. The Hall–Kier alpha value is -2.20. The average Bonchev–Trinajstić information content (AvgIpc) is 2.36. The number of nitrogens with zero attached hydrogens (tertiary/aromatic N) is 1. The molecule has 3 N–H and O–H groups in total. The lowest BCUT2D eigenvalue weighted by atomic mass is 10.2.